The topological polar surface area (TPSA) is 61.4 Å². The zero-order chi connectivity index (χ0) is 18.4. The average Bonchev–Trinajstić information content (AvgIpc) is 2.52. The van der Waals surface area contributed by atoms with Crippen LogP contribution >= 0.6 is 0 Å². The highest BCUT2D eigenvalue weighted by atomic mass is 16.2. The van der Waals surface area contributed by atoms with Gasteiger partial charge in [0.05, 0.1) is 0 Å². The molecule has 1 aliphatic rings. The van der Waals surface area contributed by atoms with Gasteiger partial charge in [0.25, 0.3) is 0 Å². The first-order valence-corrected chi connectivity index (χ1v) is 9.19. The molecule has 2 rings (SSSR count). The molecule has 1 aliphatic heterocycles. The van der Waals surface area contributed by atoms with Gasteiger partial charge in [0.15, 0.2) is 0 Å². The summed E-state index contributed by atoms with van der Waals surface area (Å²) in [6, 6.07) is 7.74. The molecule has 2 amide bonds. The van der Waals surface area contributed by atoms with Crippen molar-refractivity contribution < 1.29 is 9.59 Å². The summed E-state index contributed by atoms with van der Waals surface area (Å²) in [6.45, 7) is 11.4. The summed E-state index contributed by atoms with van der Waals surface area (Å²) in [4.78, 5) is 25.7. The predicted molar refractivity (Wildman–Crippen MR) is 99.8 cm³/mol. The highest BCUT2D eigenvalue weighted by Gasteiger charge is 2.22. The number of hydrogen-bond donors (Lipinski definition) is 2. The molecule has 0 spiro atoms. The summed E-state index contributed by atoms with van der Waals surface area (Å²) in [5.41, 5.74) is 2.40. The van der Waals surface area contributed by atoms with Gasteiger partial charge in [0.2, 0.25) is 11.8 Å². The molecular formula is C20H31N3O2. The smallest absolute Gasteiger partial charge is 0.242 e. The quantitative estimate of drug-likeness (QED) is 0.832. The van der Waals surface area contributed by atoms with Crippen LogP contribution in [0.1, 0.15) is 45.2 Å². The van der Waals surface area contributed by atoms with Crippen LogP contribution in [0.15, 0.2) is 24.3 Å². The summed E-state index contributed by atoms with van der Waals surface area (Å²) < 4.78 is 0. The Morgan fingerprint density at radius 3 is 2.36 bits per heavy atom. The number of nitrogens with one attached hydrogen (secondary N) is 2. The van der Waals surface area contributed by atoms with Gasteiger partial charge in [-0.1, -0.05) is 38.1 Å². The van der Waals surface area contributed by atoms with Crippen molar-refractivity contribution in [1.82, 2.24) is 15.5 Å². The van der Waals surface area contributed by atoms with Crippen molar-refractivity contribution >= 4 is 11.8 Å². The summed E-state index contributed by atoms with van der Waals surface area (Å²) >= 11 is 0. The van der Waals surface area contributed by atoms with E-state index in [0.717, 1.165) is 37.0 Å². The fourth-order valence-corrected chi connectivity index (χ4v) is 3.75. The second-order valence-electron chi connectivity index (χ2n) is 7.55. The minimum absolute atomic E-state index is 0.162. The van der Waals surface area contributed by atoms with Crippen LogP contribution in [0.5, 0.6) is 0 Å². The number of likely N-dealkylation sites (tertiary alicyclic amines) is 1. The largest absolute Gasteiger partial charge is 0.350 e. The molecule has 1 heterocycles. The third kappa shape index (κ3) is 6.16. The van der Waals surface area contributed by atoms with Crippen LogP contribution in [0.4, 0.5) is 0 Å². The zero-order valence-electron chi connectivity index (χ0n) is 15.8. The van der Waals surface area contributed by atoms with Crippen LogP contribution in [0.3, 0.4) is 0 Å². The molecule has 2 N–H and O–H groups in total. The van der Waals surface area contributed by atoms with Crippen molar-refractivity contribution in [2.75, 3.05) is 13.1 Å². The van der Waals surface area contributed by atoms with Crippen molar-refractivity contribution in [3.63, 3.8) is 0 Å². The third-order valence-electron chi connectivity index (χ3n) is 4.72. The minimum Gasteiger partial charge on any atom is -0.350 e. The Morgan fingerprint density at radius 1 is 1.16 bits per heavy atom. The van der Waals surface area contributed by atoms with Gasteiger partial charge in [-0.05, 0) is 36.3 Å². The predicted octanol–water partition coefficient (Wildman–Crippen LogP) is 2.31. The number of rotatable bonds is 6. The van der Waals surface area contributed by atoms with Gasteiger partial charge in [-0.25, -0.2) is 0 Å². The number of nitrogens with zero attached hydrogens (tertiary/aromatic N) is 1. The Kier molecular flexibility index (Phi) is 7.00. The molecule has 138 valence electrons. The van der Waals surface area contributed by atoms with E-state index >= 15 is 0 Å². The molecule has 1 fully saturated rings. The fourth-order valence-electron chi connectivity index (χ4n) is 3.75. The van der Waals surface area contributed by atoms with Gasteiger partial charge < -0.3 is 10.6 Å². The Labute approximate surface area is 151 Å². The van der Waals surface area contributed by atoms with E-state index in [-0.39, 0.29) is 11.8 Å². The highest BCUT2D eigenvalue weighted by Crippen LogP contribution is 2.23. The summed E-state index contributed by atoms with van der Waals surface area (Å²) in [7, 11) is 0. The number of piperidine rings is 1. The molecule has 5 heteroatoms. The first-order valence-electron chi connectivity index (χ1n) is 9.19. The lowest BCUT2D eigenvalue weighted by atomic mass is 9.91. The van der Waals surface area contributed by atoms with Crippen molar-refractivity contribution in [3.8, 4) is 0 Å². The van der Waals surface area contributed by atoms with Crippen molar-refractivity contribution in [2.24, 2.45) is 11.8 Å². The van der Waals surface area contributed by atoms with E-state index in [1.807, 2.05) is 6.07 Å². The zero-order valence-corrected chi connectivity index (χ0v) is 15.8. The number of carbonyl (C=O) groups excluding carboxylic acids is 2. The molecule has 0 radical (unpaired) electrons. The monoisotopic (exact) mass is 345 g/mol. The van der Waals surface area contributed by atoms with Crippen LogP contribution in [0.25, 0.3) is 0 Å². The Balaban J connectivity index is 1.96. The third-order valence-corrected chi connectivity index (χ3v) is 4.72. The van der Waals surface area contributed by atoms with Crippen molar-refractivity contribution in [2.45, 2.75) is 53.2 Å². The molecule has 1 aromatic rings. The van der Waals surface area contributed by atoms with E-state index in [1.54, 1.807) is 6.92 Å². The molecular weight excluding hydrogens is 314 g/mol. The standard InChI is InChI=1S/C20H31N3O2/c1-14-9-15(2)12-23(11-14)13-19-8-6-5-7-18(19)10-21-20(25)16(3)22-17(4)24/h5-8,14-16H,9-13H2,1-4H3,(H,21,25)(H,22,24)/t14-,15+,16-/m1/s1. The van der Waals surface area contributed by atoms with Crippen LogP contribution in [-0.4, -0.2) is 35.8 Å². The molecule has 1 aromatic carbocycles. The molecule has 0 saturated carbocycles. The Hall–Kier alpha value is -1.88. The van der Waals surface area contributed by atoms with Crippen LogP contribution in [0.2, 0.25) is 0 Å². The lowest BCUT2D eigenvalue weighted by Gasteiger charge is -2.35. The van der Waals surface area contributed by atoms with Crippen molar-refractivity contribution in [1.29, 1.82) is 0 Å². The number of benzene rings is 1. The second kappa shape index (κ2) is 8.99. The van der Waals surface area contributed by atoms with E-state index < -0.39 is 6.04 Å². The average molecular weight is 345 g/mol. The molecule has 3 atom stereocenters. The number of hydrogen-bond acceptors (Lipinski definition) is 3. The van der Waals surface area contributed by atoms with Crippen LogP contribution in [0, 0.1) is 11.8 Å². The van der Waals surface area contributed by atoms with Gasteiger partial charge in [-0.3, -0.25) is 14.5 Å². The maximum Gasteiger partial charge on any atom is 0.242 e. The Morgan fingerprint density at radius 2 is 1.76 bits per heavy atom. The first-order chi connectivity index (χ1) is 11.8. The van der Waals surface area contributed by atoms with Gasteiger partial charge >= 0.3 is 0 Å². The molecule has 0 aliphatic carbocycles. The first kappa shape index (κ1) is 19.4. The normalized spacial score (nSPS) is 22.2. The molecule has 25 heavy (non-hydrogen) atoms. The molecule has 0 bridgehead atoms. The van der Waals surface area contributed by atoms with Crippen molar-refractivity contribution in [3.05, 3.63) is 35.4 Å². The van der Waals surface area contributed by atoms with E-state index in [2.05, 4.69) is 47.6 Å². The highest BCUT2D eigenvalue weighted by molar-refractivity contribution is 5.86. The maximum atomic E-state index is 12.1. The molecule has 0 aromatic heterocycles. The number of carbonyl (C=O) groups is 2. The molecule has 1 saturated heterocycles. The summed E-state index contributed by atoms with van der Waals surface area (Å²) in [6.07, 6.45) is 1.30. The van der Waals surface area contributed by atoms with Gasteiger partial charge in [-0.15, -0.1) is 0 Å². The van der Waals surface area contributed by atoms with Gasteiger partial charge in [0, 0.05) is 33.1 Å². The van der Waals surface area contributed by atoms with Crippen LogP contribution in [-0.2, 0) is 22.7 Å². The SMILES string of the molecule is CC(=O)N[C@H](C)C(=O)NCc1ccccc1CN1C[C@H](C)C[C@H](C)C1. The fraction of sp³-hybridized carbons (Fsp3) is 0.600. The van der Waals surface area contributed by atoms with E-state index in [9.17, 15) is 9.59 Å². The van der Waals surface area contributed by atoms with Crippen LogP contribution < -0.4 is 10.6 Å². The number of amides is 2. The second-order valence-corrected chi connectivity index (χ2v) is 7.55. The summed E-state index contributed by atoms with van der Waals surface area (Å²) in [5, 5.41) is 5.54. The van der Waals surface area contributed by atoms with Gasteiger partial charge in [-0.2, -0.15) is 0 Å². The van der Waals surface area contributed by atoms with Gasteiger partial charge in [0.1, 0.15) is 6.04 Å². The summed E-state index contributed by atoms with van der Waals surface area (Å²) in [5.74, 6) is 1.10. The lowest BCUT2D eigenvalue weighted by molar-refractivity contribution is -0.127. The lowest BCUT2D eigenvalue weighted by Crippen LogP contribution is -2.43. The molecule has 5 nitrogen and oxygen atoms in total. The minimum atomic E-state index is -0.520. The van der Waals surface area contributed by atoms with E-state index in [0.29, 0.717) is 6.54 Å². The Bertz CT molecular complexity index is 592. The maximum absolute atomic E-state index is 12.1. The molecule has 0 unspecified atom stereocenters. The van der Waals surface area contributed by atoms with E-state index in [1.165, 1.54) is 18.9 Å². The van der Waals surface area contributed by atoms with E-state index in [4.69, 9.17) is 0 Å².